The second-order valence-electron chi connectivity index (χ2n) is 5.13. The van der Waals surface area contributed by atoms with E-state index < -0.39 is 0 Å². The summed E-state index contributed by atoms with van der Waals surface area (Å²) in [5, 5.41) is 11.3. The Morgan fingerprint density at radius 3 is 2.29 bits per heavy atom. The highest BCUT2D eigenvalue weighted by molar-refractivity contribution is 5.87. The number of rotatable bonds is 5. The summed E-state index contributed by atoms with van der Waals surface area (Å²) in [6.45, 7) is 5.39. The lowest BCUT2D eigenvalue weighted by Crippen LogP contribution is -2.44. The van der Waals surface area contributed by atoms with Gasteiger partial charge in [0.2, 0.25) is 11.8 Å². The van der Waals surface area contributed by atoms with E-state index >= 15 is 0 Å². The van der Waals surface area contributed by atoms with Crippen molar-refractivity contribution >= 4 is 11.8 Å². The molecule has 1 aromatic carbocycles. The molecule has 1 unspecified atom stereocenters. The highest BCUT2D eigenvalue weighted by Gasteiger charge is 2.21. The zero-order valence-corrected chi connectivity index (χ0v) is 15.3. The minimum Gasteiger partial charge on any atom is -0.350 e. The van der Waals surface area contributed by atoms with Crippen LogP contribution in [-0.2, 0) is 16.1 Å². The van der Waals surface area contributed by atoms with Crippen LogP contribution < -0.4 is 21.3 Å². The minimum atomic E-state index is -0.171. The summed E-state index contributed by atoms with van der Waals surface area (Å²) in [5.74, 6) is -0.262. The molecule has 6 nitrogen and oxygen atoms in total. The van der Waals surface area contributed by atoms with Crippen molar-refractivity contribution < 1.29 is 9.59 Å². The van der Waals surface area contributed by atoms with Crippen LogP contribution in [0.1, 0.15) is 32.3 Å². The average Bonchev–Trinajstić information content (AvgIpc) is 3.16. The van der Waals surface area contributed by atoms with E-state index in [4.69, 9.17) is 0 Å². The molecule has 24 heavy (non-hydrogen) atoms. The molecule has 1 atom stereocenters. The van der Waals surface area contributed by atoms with Crippen molar-refractivity contribution in [2.75, 3.05) is 27.2 Å². The molecule has 6 heteroatoms. The first-order valence-corrected chi connectivity index (χ1v) is 8.57. The zero-order chi connectivity index (χ0) is 18.2. The molecule has 0 bridgehead atoms. The summed E-state index contributed by atoms with van der Waals surface area (Å²) in [7, 11) is 3.75. The van der Waals surface area contributed by atoms with Gasteiger partial charge in [-0.15, -0.1) is 0 Å². The molecule has 1 fully saturated rings. The van der Waals surface area contributed by atoms with Crippen molar-refractivity contribution in [2.45, 2.75) is 39.3 Å². The van der Waals surface area contributed by atoms with Crippen molar-refractivity contribution in [1.82, 2.24) is 21.3 Å². The fourth-order valence-electron chi connectivity index (χ4n) is 2.06. The first kappa shape index (κ1) is 22.1. The van der Waals surface area contributed by atoms with Crippen LogP contribution in [0.5, 0.6) is 0 Å². The lowest BCUT2D eigenvalue weighted by molar-refractivity contribution is -0.127. The third-order valence-corrected chi connectivity index (χ3v) is 3.13. The number of hydrogen-bond donors (Lipinski definition) is 4. The van der Waals surface area contributed by atoms with Crippen LogP contribution >= 0.6 is 0 Å². The number of nitrogens with one attached hydrogen (secondary N) is 4. The van der Waals surface area contributed by atoms with Crippen molar-refractivity contribution in [2.24, 2.45) is 0 Å². The van der Waals surface area contributed by atoms with Crippen LogP contribution in [0, 0.1) is 0 Å². The van der Waals surface area contributed by atoms with Gasteiger partial charge in [-0.3, -0.25) is 9.59 Å². The largest absolute Gasteiger partial charge is 0.350 e. The maximum Gasteiger partial charge on any atom is 0.239 e. The van der Waals surface area contributed by atoms with E-state index in [0.29, 0.717) is 6.54 Å². The van der Waals surface area contributed by atoms with E-state index in [2.05, 4.69) is 21.3 Å². The van der Waals surface area contributed by atoms with Crippen LogP contribution in [-0.4, -0.2) is 45.0 Å². The summed E-state index contributed by atoms with van der Waals surface area (Å²) in [6.07, 6.45) is 1.86. The molecule has 0 aliphatic carbocycles. The molecule has 0 spiro atoms. The second kappa shape index (κ2) is 14.7. The van der Waals surface area contributed by atoms with E-state index in [1.165, 1.54) is 0 Å². The average molecular weight is 336 g/mol. The van der Waals surface area contributed by atoms with Crippen LogP contribution in [0.25, 0.3) is 0 Å². The molecule has 1 aliphatic rings. The van der Waals surface area contributed by atoms with E-state index in [0.717, 1.165) is 24.9 Å². The predicted molar refractivity (Wildman–Crippen MR) is 98.7 cm³/mol. The van der Waals surface area contributed by atoms with Gasteiger partial charge in [-0.2, -0.15) is 0 Å². The van der Waals surface area contributed by atoms with Gasteiger partial charge in [0.25, 0.3) is 0 Å². The molecule has 0 radical (unpaired) electrons. The lowest BCUT2D eigenvalue weighted by atomic mass is 10.2. The van der Waals surface area contributed by atoms with Gasteiger partial charge in [0.1, 0.15) is 0 Å². The molecule has 1 aliphatic heterocycles. The van der Waals surface area contributed by atoms with Crippen LogP contribution in [0.3, 0.4) is 0 Å². The number of carbonyl (C=O) groups excluding carboxylic acids is 2. The Hall–Kier alpha value is -1.92. The third kappa shape index (κ3) is 9.97. The first-order chi connectivity index (χ1) is 11.7. The highest BCUT2D eigenvalue weighted by Crippen LogP contribution is 2.04. The summed E-state index contributed by atoms with van der Waals surface area (Å²) in [6, 6.07) is 9.54. The van der Waals surface area contributed by atoms with E-state index in [9.17, 15) is 9.59 Å². The van der Waals surface area contributed by atoms with Gasteiger partial charge in [-0.1, -0.05) is 44.2 Å². The Bertz CT molecular complexity index is 446. The second-order valence-corrected chi connectivity index (χ2v) is 5.13. The summed E-state index contributed by atoms with van der Waals surface area (Å²) in [4.78, 5) is 23.3. The lowest BCUT2D eigenvalue weighted by Gasteiger charge is -2.11. The molecular formula is C18H32N4O2. The van der Waals surface area contributed by atoms with Gasteiger partial charge >= 0.3 is 0 Å². The fraction of sp³-hybridized carbons (Fsp3) is 0.556. The quantitative estimate of drug-likeness (QED) is 0.647. The number of hydrogen-bond acceptors (Lipinski definition) is 4. The maximum atomic E-state index is 11.7. The SMILES string of the molecule is CC.CNC.O=C(CNC(=O)C1CCCN1)NCc1ccccc1. The van der Waals surface area contributed by atoms with Crippen molar-refractivity contribution in [3.8, 4) is 0 Å². The molecule has 1 aromatic rings. The Balaban J connectivity index is 0.000000952. The number of benzene rings is 1. The van der Waals surface area contributed by atoms with Crippen LogP contribution in [0.4, 0.5) is 0 Å². The Morgan fingerprint density at radius 2 is 1.75 bits per heavy atom. The fourth-order valence-corrected chi connectivity index (χ4v) is 2.06. The zero-order valence-electron chi connectivity index (χ0n) is 15.3. The van der Waals surface area contributed by atoms with Crippen LogP contribution in [0.2, 0.25) is 0 Å². The monoisotopic (exact) mass is 336 g/mol. The third-order valence-electron chi connectivity index (χ3n) is 3.13. The minimum absolute atomic E-state index is 0.0316. The molecule has 2 amide bonds. The molecule has 0 aromatic heterocycles. The van der Waals surface area contributed by atoms with E-state index in [1.54, 1.807) is 0 Å². The topological polar surface area (TPSA) is 82.3 Å². The summed E-state index contributed by atoms with van der Waals surface area (Å²) < 4.78 is 0. The smallest absolute Gasteiger partial charge is 0.239 e. The normalized spacial score (nSPS) is 15.2. The van der Waals surface area contributed by atoms with Gasteiger partial charge in [-0.05, 0) is 39.0 Å². The van der Waals surface area contributed by atoms with Gasteiger partial charge in [-0.25, -0.2) is 0 Å². The molecule has 136 valence electrons. The Morgan fingerprint density at radius 1 is 1.12 bits per heavy atom. The highest BCUT2D eigenvalue weighted by atomic mass is 16.2. The van der Waals surface area contributed by atoms with Crippen LogP contribution in [0.15, 0.2) is 30.3 Å². The maximum absolute atomic E-state index is 11.7. The summed E-state index contributed by atoms with van der Waals surface area (Å²) in [5.41, 5.74) is 1.04. The van der Waals surface area contributed by atoms with Gasteiger partial charge < -0.3 is 21.3 Å². The Labute approximate surface area is 145 Å². The van der Waals surface area contributed by atoms with Crippen molar-refractivity contribution in [3.05, 3.63) is 35.9 Å². The van der Waals surface area contributed by atoms with Crippen molar-refractivity contribution in [3.63, 3.8) is 0 Å². The molecule has 4 N–H and O–H groups in total. The van der Waals surface area contributed by atoms with E-state index in [-0.39, 0.29) is 24.4 Å². The molecule has 1 saturated heterocycles. The van der Waals surface area contributed by atoms with Gasteiger partial charge in [0.15, 0.2) is 0 Å². The van der Waals surface area contributed by atoms with Crippen molar-refractivity contribution in [1.29, 1.82) is 0 Å². The molecule has 0 saturated carbocycles. The predicted octanol–water partition coefficient (Wildman–Crippen LogP) is 1.03. The number of amides is 2. The molecule has 1 heterocycles. The Kier molecular flexibility index (Phi) is 13.5. The summed E-state index contributed by atoms with van der Waals surface area (Å²) >= 11 is 0. The van der Waals surface area contributed by atoms with Gasteiger partial charge in [0.05, 0.1) is 12.6 Å². The van der Waals surface area contributed by atoms with E-state index in [1.807, 2.05) is 58.3 Å². The van der Waals surface area contributed by atoms with Gasteiger partial charge in [0, 0.05) is 6.54 Å². The molecular weight excluding hydrogens is 304 g/mol. The molecule has 2 rings (SSSR count). The standard InChI is InChI=1S/C14H19N3O2.C2H7N.C2H6/c18-13(16-9-11-5-2-1-3-6-11)10-17-14(19)12-7-4-8-15-12;1-3-2;1-2/h1-3,5-6,12,15H,4,7-10H2,(H,16,18)(H,17,19);3H,1-2H3;1-2H3. The number of carbonyl (C=O) groups is 2. The first-order valence-electron chi connectivity index (χ1n) is 8.57.